The van der Waals surface area contributed by atoms with Crippen LogP contribution in [-0.4, -0.2) is 41.1 Å². The Kier molecular flexibility index (Phi) is 4.14. The van der Waals surface area contributed by atoms with Gasteiger partial charge in [-0.1, -0.05) is 0 Å². The van der Waals surface area contributed by atoms with Crippen LogP contribution < -0.4 is 15.0 Å². The SMILES string of the molecule is COc1ccc(C(=O)N2CCc3cc(=O)n(C4CC4)cc3C2)c(OC)n1. The average Bonchev–Trinajstić information content (AvgIpc) is 3.51. The van der Waals surface area contributed by atoms with Crippen molar-refractivity contribution in [3.8, 4) is 11.8 Å². The number of carbonyl (C=O) groups excluding carboxylic acids is 1. The van der Waals surface area contributed by atoms with Crippen molar-refractivity contribution in [2.24, 2.45) is 0 Å². The highest BCUT2D eigenvalue weighted by atomic mass is 16.5. The molecular weight excluding hydrogens is 334 g/mol. The van der Waals surface area contributed by atoms with Gasteiger partial charge in [-0.15, -0.1) is 0 Å². The minimum absolute atomic E-state index is 0.0621. The van der Waals surface area contributed by atoms with Gasteiger partial charge in [0, 0.05) is 37.5 Å². The first-order valence-electron chi connectivity index (χ1n) is 8.73. The molecule has 1 fully saturated rings. The minimum atomic E-state index is -0.133. The van der Waals surface area contributed by atoms with E-state index in [4.69, 9.17) is 9.47 Å². The molecule has 26 heavy (non-hydrogen) atoms. The molecule has 7 nitrogen and oxygen atoms in total. The van der Waals surface area contributed by atoms with Gasteiger partial charge < -0.3 is 18.9 Å². The smallest absolute Gasteiger partial charge is 0.259 e. The summed E-state index contributed by atoms with van der Waals surface area (Å²) in [7, 11) is 3.00. The van der Waals surface area contributed by atoms with Crippen molar-refractivity contribution in [2.45, 2.75) is 31.8 Å². The fraction of sp³-hybridized carbons (Fsp3) is 0.421. The molecule has 0 bridgehead atoms. The monoisotopic (exact) mass is 355 g/mol. The largest absolute Gasteiger partial charge is 0.481 e. The number of rotatable bonds is 4. The van der Waals surface area contributed by atoms with Gasteiger partial charge in [-0.2, -0.15) is 4.98 Å². The molecule has 2 aromatic rings. The normalized spacial score (nSPS) is 16.2. The molecule has 0 atom stereocenters. The Balaban J connectivity index is 1.61. The van der Waals surface area contributed by atoms with Gasteiger partial charge in [-0.05, 0) is 36.5 Å². The van der Waals surface area contributed by atoms with Crippen LogP contribution in [-0.2, 0) is 13.0 Å². The van der Waals surface area contributed by atoms with E-state index in [1.165, 1.54) is 14.2 Å². The highest BCUT2D eigenvalue weighted by Gasteiger charge is 2.29. The molecule has 1 aliphatic heterocycles. The lowest BCUT2D eigenvalue weighted by Crippen LogP contribution is -2.37. The lowest BCUT2D eigenvalue weighted by Gasteiger charge is -2.29. The third kappa shape index (κ3) is 2.94. The van der Waals surface area contributed by atoms with Gasteiger partial charge in [0.2, 0.25) is 11.8 Å². The Bertz CT molecular complexity index is 917. The van der Waals surface area contributed by atoms with Crippen molar-refractivity contribution in [3.05, 3.63) is 51.4 Å². The van der Waals surface area contributed by atoms with Gasteiger partial charge >= 0.3 is 0 Å². The fourth-order valence-corrected chi connectivity index (χ4v) is 3.38. The molecule has 0 N–H and O–H groups in total. The number of carbonyl (C=O) groups is 1. The molecule has 136 valence electrons. The molecule has 0 radical (unpaired) electrons. The van der Waals surface area contributed by atoms with Crippen LogP contribution in [0, 0.1) is 0 Å². The van der Waals surface area contributed by atoms with E-state index in [0.29, 0.717) is 37.0 Å². The molecule has 1 aliphatic carbocycles. The van der Waals surface area contributed by atoms with Crippen molar-refractivity contribution in [1.82, 2.24) is 14.5 Å². The van der Waals surface area contributed by atoms with Gasteiger partial charge in [0.15, 0.2) is 0 Å². The Labute approximate surface area is 151 Å². The molecule has 4 rings (SSSR count). The zero-order valence-corrected chi connectivity index (χ0v) is 14.9. The van der Waals surface area contributed by atoms with Crippen LogP contribution in [0.3, 0.4) is 0 Å². The number of amides is 1. The van der Waals surface area contributed by atoms with Crippen LogP contribution >= 0.6 is 0 Å². The van der Waals surface area contributed by atoms with Crippen molar-refractivity contribution in [3.63, 3.8) is 0 Å². The molecule has 7 heteroatoms. The van der Waals surface area contributed by atoms with Crippen LogP contribution in [0.4, 0.5) is 0 Å². The molecular formula is C19H21N3O4. The lowest BCUT2D eigenvalue weighted by molar-refractivity contribution is 0.0729. The predicted molar refractivity (Wildman–Crippen MR) is 94.8 cm³/mol. The van der Waals surface area contributed by atoms with E-state index in [1.54, 1.807) is 23.1 Å². The number of fused-ring (bicyclic) bond motifs is 1. The average molecular weight is 355 g/mol. The molecule has 0 aromatic carbocycles. The molecule has 3 heterocycles. The third-order valence-electron chi connectivity index (χ3n) is 4.97. The summed E-state index contributed by atoms with van der Waals surface area (Å²) >= 11 is 0. The van der Waals surface area contributed by atoms with E-state index in [-0.39, 0.29) is 17.3 Å². The van der Waals surface area contributed by atoms with E-state index < -0.39 is 0 Å². The second kappa shape index (κ2) is 6.48. The van der Waals surface area contributed by atoms with E-state index >= 15 is 0 Å². The first-order chi connectivity index (χ1) is 12.6. The van der Waals surface area contributed by atoms with Gasteiger partial charge in [0.1, 0.15) is 5.56 Å². The first kappa shape index (κ1) is 16.6. The summed E-state index contributed by atoms with van der Waals surface area (Å²) in [4.78, 5) is 31.1. The summed E-state index contributed by atoms with van der Waals surface area (Å²) in [5, 5.41) is 0. The number of pyridine rings is 2. The van der Waals surface area contributed by atoms with Gasteiger partial charge in [-0.3, -0.25) is 9.59 Å². The summed E-state index contributed by atoms with van der Waals surface area (Å²) in [6.07, 6.45) is 4.71. The van der Waals surface area contributed by atoms with E-state index in [2.05, 4.69) is 4.98 Å². The Morgan fingerprint density at radius 2 is 2.00 bits per heavy atom. The summed E-state index contributed by atoms with van der Waals surface area (Å²) in [5.41, 5.74) is 2.55. The van der Waals surface area contributed by atoms with Crippen LogP contribution in [0.2, 0.25) is 0 Å². The van der Waals surface area contributed by atoms with E-state index in [1.807, 2.05) is 10.8 Å². The third-order valence-corrected chi connectivity index (χ3v) is 4.97. The maximum atomic E-state index is 13.0. The Morgan fingerprint density at radius 3 is 2.69 bits per heavy atom. The zero-order chi connectivity index (χ0) is 18.3. The Hall–Kier alpha value is -2.83. The summed E-state index contributed by atoms with van der Waals surface area (Å²) < 4.78 is 12.2. The minimum Gasteiger partial charge on any atom is -0.481 e. The molecule has 0 unspecified atom stereocenters. The predicted octanol–water partition coefficient (Wildman–Crippen LogP) is 1.79. The van der Waals surface area contributed by atoms with Gasteiger partial charge in [0.05, 0.1) is 14.2 Å². The van der Waals surface area contributed by atoms with Gasteiger partial charge in [0.25, 0.3) is 11.5 Å². The van der Waals surface area contributed by atoms with E-state index in [0.717, 1.165) is 24.0 Å². The second-order valence-corrected chi connectivity index (χ2v) is 6.69. The van der Waals surface area contributed by atoms with E-state index in [9.17, 15) is 9.59 Å². The van der Waals surface area contributed by atoms with Crippen molar-refractivity contribution >= 4 is 5.91 Å². The van der Waals surface area contributed by atoms with Crippen molar-refractivity contribution < 1.29 is 14.3 Å². The quantitative estimate of drug-likeness (QED) is 0.836. The summed E-state index contributed by atoms with van der Waals surface area (Å²) in [6.45, 7) is 1.05. The maximum Gasteiger partial charge on any atom is 0.259 e. The molecule has 2 aliphatic rings. The first-order valence-corrected chi connectivity index (χ1v) is 8.73. The second-order valence-electron chi connectivity index (χ2n) is 6.69. The lowest BCUT2D eigenvalue weighted by atomic mass is 10.0. The van der Waals surface area contributed by atoms with Crippen molar-refractivity contribution in [1.29, 1.82) is 0 Å². The number of hydrogen-bond acceptors (Lipinski definition) is 5. The Morgan fingerprint density at radius 1 is 1.19 bits per heavy atom. The molecule has 1 amide bonds. The van der Waals surface area contributed by atoms with Crippen LogP contribution in [0.1, 0.15) is 40.4 Å². The molecule has 0 spiro atoms. The summed E-state index contributed by atoms with van der Waals surface area (Å²) in [6, 6.07) is 5.38. The topological polar surface area (TPSA) is 73.7 Å². The number of aromatic nitrogens is 2. The standard InChI is InChI=1S/C19H21N3O4/c1-25-16-6-5-15(18(20-16)26-2)19(24)21-8-7-12-9-17(23)22(14-3-4-14)11-13(12)10-21/h5-6,9,11,14H,3-4,7-8,10H2,1-2H3. The zero-order valence-electron chi connectivity index (χ0n) is 14.9. The molecule has 2 aromatic heterocycles. The van der Waals surface area contributed by atoms with Gasteiger partial charge in [-0.25, -0.2) is 0 Å². The van der Waals surface area contributed by atoms with Crippen LogP contribution in [0.15, 0.2) is 29.2 Å². The molecule has 0 saturated heterocycles. The highest BCUT2D eigenvalue weighted by Crippen LogP contribution is 2.34. The maximum absolute atomic E-state index is 13.0. The van der Waals surface area contributed by atoms with Crippen LogP contribution in [0.25, 0.3) is 0 Å². The van der Waals surface area contributed by atoms with Crippen molar-refractivity contribution in [2.75, 3.05) is 20.8 Å². The highest BCUT2D eigenvalue weighted by molar-refractivity contribution is 5.96. The molecule has 1 saturated carbocycles. The number of nitrogens with zero attached hydrogens (tertiary/aromatic N) is 3. The summed E-state index contributed by atoms with van der Waals surface area (Å²) in [5.74, 6) is 0.519. The van der Waals surface area contributed by atoms with Crippen LogP contribution in [0.5, 0.6) is 11.8 Å². The number of hydrogen-bond donors (Lipinski definition) is 0. The number of methoxy groups -OCH3 is 2. The number of ether oxygens (including phenoxy) is 2. The fourth-order valence-electron chi connectivity index (χ4n) is 3.38.